The van der Waals surface area contributed by atoms with Crippen LogP contribution in [0, 0.1) is 6.92 Å². The molecule has 24 heavy (non-hydrogen) atoms. The zero-order valence-corrected chi connectivity index (χ0v) is 14.4. The predicted octanol–water partition coefficient (Wildman–Crippen LogP) is 5.16. The lowest BCUT2D eigenvalue weighted by molar-refractivity contribution is 0.210. The van der Waals surface area contributed by atoms with Gasteiger partial charge >= 0.3 is 0 Å². The van der Waals surface area contributed by atoms with Gasteiger partial charge in [-0.1, -0.05) is 35.9 Å². The highest BCUT2D eigenvalue weighted by atomic mass is 16.5. The molecule has 2 unspecified atom stereocenters. The van der Waals surface area contributed by atoms with E-state index in [-0.39, 0.29) is 0 Å². The molecular formula is C22H23NO. The molecule has 5 rings (SSSR count). The molecule has 122 valence electrons. The molecule has 3 heterocycles. The molecular weight excluding hydrogens is 294 g/mol. The van der Waals surface area contributed by atoms with Crippen LogP contribution < -0.4 is 4.74 Å². The molecule has 2 nitrogen and oxygen atoms in total. The standard InChI is InChI=1S/C22H23NO/c1-14-7-10-19-21(11-14)24-20-6-4-3-5-18(20)22(19)15-12-16-8-9-17(13-15)23(16)2/h3-7,10-11,16-17H,8-9,12-13H2,1-2H3. The second kappa shape index (κ2) is 5.22. The minimum atomic E-state index is 0.718. The molecule has 0 aromatic heterocycles. The van der Waals surface area contributed by atoms with Gasteiger partial charge in [-0.2, -0.15) is 0 Å². The number of rotatable bonds is 0. The van der Waals surface area contributed by atoms with Gasteiger partial charge in [0.2, 0.25) is 0 Å². The fraction of sp³-hybridized carbons (Fsp3) is 0.364. The van der Waals surface area contributed by atoms with E-state index in [1.807, 2.05) is 0 Å². The summed E-state index contributed by atoms with van der Waals surface area (Å²) in [4.78, 5) is 2.60. The average Bonchev–Trinajstić information content (AvgIpc) is 2.81. The predicted molar refractivity (Wildman–Crippen MR) is 97.5 cm³/mol. The Morgan fingerprint density at radius 2 is 1.62 bits per heavy atom. The highest BCUT2D eigenvalue weighted by Crippen LogP contribution is 2.49. The van der Waals surface area contributed by atoms with Crippen molar-refractivity contribution in [1.29, 1.82) is 0 Å². The molecule has 0 saturated carbocycles. The smallest absolute Gasteiger partial charge is 0.135 e. The Kier molecular flexibility index (Phi) is 3.11. The minimum Gasteiger partial charge on any atom is -0.456 e. The Labute approximate surface area is 143 Å². The number of piperidine rings is 1. The first-order valence-electron chi connectivity index (χ1n) is 9.03. The van der Waals surface area contributed by atoms with E-state index in [9.17, 15) is 0 Å². The van der Waals surface area contributed by atoms with Crippen LogP contribution in [0.25, 0.3) is 5.57 Å². The van der Waals surface area contributed by atoms with Gasteiger partial charge in [0.05, 0.1) is 0 Å². The number of fused-ring (bicyclic) bond motifs is 4. The SMILES string of the molecule is Cc1ccc2c(c1)Oc1ccccc1C2=C1CC2CCC(C1)N2C. The van der Waals surface area contributed by atoms with E-state index in [0.29, 0.717) is 0 Å². The average molecular weight is 317 g/mol. The molecule has 0 aliphatic carbocycles. The van der Waals surface area contributed by atoms with E-state index in [1.54, 1.807) is 5.57 Å². The summed E-state index contributed by atoms with van der Waals surface area (Å²) in [6, 6.07) is 16.6. The molecule has 3 aliphatic rings. The normalized spacial score (nSPS) is 25.2. The third-order valence-corrected chi connectivity index (χ3v) is 6.09. The van der Waals surface area contributed by atoms with Crippen molar-refractivity contribution in [3.8, 4) is 11.5 Å². The highest BCUT2D eigenvalue weighted by molar-refractivity contribution is 5.90. The van der Waals surface area contributed by atoms with Crippen LogP contribution in [0.1, 0.15) is 42.4 Å². The molecule has 3 aliphatic heterocycles. The van der Waals surface area contributed by atoms with Gasteiger partial charge in [0.1, 0.15) is 11.5 Å². The van der Waals surface area contributed by atoms with E-state index in [0.717, 1.165) is 23.6 Å². The molecule has 2 atom stereocenters. The molecule has 2 heteroatoms. The fourth-order valence-electron chi connectivity index (χ4n) is 4.77. The van der Waals surface area contributed by atoms with Crippen LogP contribution in [0.4, 0.5) is 0 Å². The number of hydrogen-bond acceptors (Lipinski definition) is 2. The van der Waals surface area contributed by atoms with Crippen LogP contribution in [0.2, 0.25) is 0 Å². The molecule has 2 aromatic carbocycles. The van der Waals surface area contributed by atoms with Crippen LogP contribution in [0.3, 0.4) is 0 Å². The van der Waals surface area contributed by atoms with Gasteiger partial charge in [-0.15, -0.1) is 0 Å². The summed E-state index contributed by atoms with van der Waals surface area (Å²) in [5, 5.41) is 0. The summed E-state index contributed by atoms with van der Waals surface area (Å²) in [6.45, 7) is 2.13. The van der Waals surface area contributed by atoms with E-state index >= 15 is 0 Å². The van der Waals surface area contributed by atoms with Crippen LogP contribution in [-0.2, 0) is 0 Å². The van der Waals surface area contributed by atoms with Crippen molar-refractivity contribution >= 4 is 5.57 Å². The molecule has 0 N–H and O–H groups in total. The first-order valence-corrected chi connectivity index (χ1v) is 9.03. The molecule has 0 spiro atoms. The Hall–Kier alpha value is -2.06. The minimum absolute atomic E-state index is 0.718. The van der Waals surface area contributed by atoms with Crippen LogP contribution >= 0.6 is 0 Å². The summed E-state index contributed by atoms with van der Waals surface area (Å²) >= 11 is 0. The topological polar surface area (TPSA) is 12.5 Å². The maximum atomic E-state index is 6.23. The number of aryl methyl sites for hydroxylation is 1. The van der Waals surface area contributed by atoms with Crippen molar-refractivity contribution in [2.24, 2.45) is 0 Å². The lowest BCUT2D eigenvalue weighted by Gasteiger charge is -2.35. The first-order chi connectivity index (χ1) is 11.7. The lowest BCUT2D eigenvalue weighted by Crippen LogP contribution is -2.37. The van der Waals surface area contributed by atoms with Gasteiger partial charge in [-0.3, -0.25) is 4.90 Å². The summed E-state index contributed by atoms with van der Waals surface area (Å²) in [5.41, 5.74) is 6.87. The number of ether oxygens (including phenoxy) is 1. The van der Waals surface area contributed by atoms with Gasteiger partial charge in [0, 0.05) is 23.2 Å². The molecule has 2 bridgehead atoms. The summed E-state index contributed by atoms with van der Waals surface area (Å²) in [7, 11) is 2.30. The third kappa shape index (κ3) is 2.06. The summed E-state index contributed by atoms with van der Waals surface area (Å²) in [5.74, 6) is 2.02. The Morgan fingerprint density at radius 1 is 0.917 bits per heavy atom. The van der Waals surface area contributed by atoms with Gasteiger partial charge < -0.3 is 4.74 Å². The Bertz CT molecular complexity index is 835. The van der Waals surface area contributed by atoms with E-state index in [2.05, 4.69) is 61.3 Å². The van der Waals surface area contributed by atoms with Crippen molar-refractivity contribution in [3.63, 3.8) is 0 Å². The first kappa shape index (κ1) is 14.3. The quantitative estimate of drug-likeness (QED) is 0.568. The molecule has 2 fully saturated rings. The molecule has 2 saturated heterocycles. The molecule has 0 amide bonds. The van der Waals surface area contributed by atoms with Gasteiger partial charge in [0.25, 0.3) is 0 Å². The maximum absolute atomic E-state index is 6.23. The van der Waals surface area contributed by atoms with Crippen molar-refractivity contribution in [3.05, 3.63) is 64.7 Å². The second-order valence-corrected chi connectivity index (χ2v) is 7.54. The van der Waals surface area contributed by atoms with Crippen LogP contribution in [0.5, 0.6) is 11.5 Å². The van der Waals surface area contributed by atoms with Gasteiger partial charge in [-0.05, 0) is 62.9 Å². The van der Waals surface area contributed by atoms with Gasteiger partial charge in [-0.25, -0.2) is 0 Å². The number of benzene rings is 2. The van der Waals surface area contributed by atoms with E-state index in [1.165, 1.54) is 47.9 Å². The summed E-state index contributed by atoms with van der Waals surface area (Å²) in [6.07, 6.45) is 5.08. The van der Waals surface area contributed by atoms with E-state index in [4.69, 9.17) is 4.74 Å². The Morgan fingerprint density at radius 3 is 2.42 bits per heavy atom. The highest BCUT2D eigenvalue weighted by Gasteiger charge is 2.38. The van der Waals surface area contributed by atoms with Crippen molar-refractivity contribution in [2.75, 3.05) is 7.05 Å². The van der Waals surface area contributed by atoms with Crippen LogP contribution in [-0.4, -0.2) is 24.0 Å². The summed E-state index contributed by atoms with van der Waals surface area (Å²) < 4.78 is 6.23. The van der Waals surface area contributed by atoms with Crippen molar-refractivity contribution in [1.82, 2.24) is 4.90 Å². The molecule has 2 aromatic rings. The van der Waals surface area contributed by atoms with Crippen LogP contribution in [0.15, 0.2) is 48.0 Å². The second-order valence-electron chi connectivity index (χ2n) is 7.54. The van der Waals surface area contributed by atoms with E-state index < -0.39 is 0 Å². The monoisotopic (exact) mass is 317 g/mol. The zero-order chi connectivity index (χ0) is 16.3. The Balaban J connectivity index is 1.72. The van der Waals surface area contributed by atoms with Crippen molar-refractivity contribution < 1.29 is 4.74 Å². The number of para-hydroxylation sites is 1. The van der Waals surface area contributed by atoms with Crippen molar-refractivity contribution in [2.45, 2.75) is 44.7 Å². The number of nitrogens with zero attached hydrogens (tertiary/aromatic N) is 1. The fourth-order valence-corrected chi connectivity index (χ4v) is 4.77. The third-order valence-electron chi connectivity index (χ3n) is 6.09. The lowest BCUT2D eigenvalue weighted by atomic mass is 9.84. The number of hydrogen-bond donors (Lipinski definition) is 0. The molecule has 0 radical (unpaired) electrons. The zero-order valence-electron chi connectivity index (χ0n) is 14.4. The largest absolute Gasteiger partial charge is 0.456 e. The van der Waals surface area contributed by atoms with Gasteiger partial charge in [0.15, 0.2) is 0 Å². The maximum Gasteiger partial charge on any atom is 0.135 e.